The molecule has 0 saturated carbocycles. The van der Waals surface area contributed by atoms with Crippen LogP contribution in [0.15, 0.2) is 25.3 Å². The van der Waals surface area contributed by atoms with Crippen LogP contribution in [0.4, 0.5) is 0 Å². The second-order valence-electron chi connectivity index (χ2n) is 3.26. The first-order chi connectivity index (χ1) is 7.69. The maximum absolute atomic E-state index is 4.53. The molecule has 0 unspecified atom stereocenters. The van der Waals surface area contributed by atoms with Crippen molar-refractivity contribution in [3.63, 3.8) is 0 Å². The zero-order valence-corrected chi connectivity index (χ0v) is 11.5. The summed E-state index contributed by atoms with van der Waals surface area (Å²) in [5, 5.41) is 2.15. The van der Waals surface area contributed by atoms with Gasteiger partial charge in [0.1, 0.15) is 0 Å². The van der Waals surface area contributed by atoms with E-state index in [1.807, 2.05) is 26.0 Å². The summed E-state index contributed by atoms with van der Waals surface area (Å²) in [7, 11) is 0. The van der Waals surface area contributed by atoms with Crippen LogP contribution in [0.3, 0.4) is 0 Å². The molecule has 0 N–H and O–H groups in total. The quantitative estimate of drug-likeness (QED) is 0.784. The molecule has 0 saturated heterocycles. The lowest BCUT2D eigenvalue weighted by atomic mass is 10.2. The van der Waals surface area contributed by atoms with E-state index in [0.29, 0.717) is 5.92 Å². The Hall–Kier alpha value is -1.15. The van der Waals surface area contributed by atoms with Crippen molar-refractivity contribution in [2.75, 3.05) is 0 Å². The van der Waals surface area contributed by atoms with Gasteiger partial charge in [-0.3, -0.25) is 0 Å². The molecule has 1 nitrogen and oxygen atoms in total. The third-order valence-electron chi connectivity index (χ3n) is 1.74. The third kappa shape index (κ3) is 4.15. The van der Waals surface area contributed by atoms with Gasteiger partial charge in [-0.05, 0) is 12.2 Å². The summed E-state index contributed by atoms with van der Waals surface area (Å²) in [6.07, 6.45) is 7.47. The van der Waals surface area contributed by atoms with E-state index in [2.05, 4.69) is 32.0 Å². The van der Waals surface area contributed by atoms with Crippen molar-refractivity contribution in [3.8, 4) is 0 Å². The van der Waals surface area contributed by atoms with E-state index >= 15 is 0 Å². The number of allylic oxidation sites excluding steroid dienone is 2. The van der Waals surface area contributed by atoms with Crippen molar-refractivity contribution in [2.24, 2.45) is 0 Å². The molecule has 1 aromatic rings. The summed E-state index contributed by atoms with van der Waals surface area (Å²) in [5.41, 5.74) is 0. The fourth-order valence-electron chi connectivity index (χ4n) is 1.07. The molecule has 0 radical (unpaired) electrons. The Balaban J connectivity index is 0.00000106. The molecule has 0 aliphatic heterocycles. The molecule has 16 heavy (non-hydrogen) atoms. The van der Waals surface area contributed by atoms with Gasteiger partial charge in [0.05, 0.1) is 14.9 Å². The van der Waals surface area contributed by atoms with E-state index in [1.54, 1.807) is 23.5 Å². The topological polar surface area (TPSA) is 12.9 Å². The van der Waals surface area contributed by atoms with E-state index in [9.17, 15) is 0 Å². The Bertz CT molecular complexity index is 400. The fourth-order valence-corrected chi connectivity index (χ4v) is 2.05. The van der Waals surface area contributed by atoms with Gasteiger partial charge in [0.25, 0.3) is 0 Å². The molecule has 1 rings (SSSR count). The molecule has 0 spiro atoms. The van der Waals surface area contributed by atoms with E-state index in [1.165, 1.54) is 0 Å². The maximum atomic E-state index is 4.53. The molecule has 1 aromatic heterocycles. The Morgan fingerprint density at radius 1 is 1.12 bits per heavy atom. The van der Waals surface area contributed by atoms with Gasteiger partial charge >= 0.3 is 0 Å². The second kappa shape index (κ2) is 8.05. The van der Waals surface area contributed by atoms with Crippen LogP contribution in [-0.4, -0.2) is 4.98 Å². The van der Waals surface area contributed by atoms with Crippen LogP contribution >= 0.6 is 11.3 Å². The first kappa shape index (κ1) is 14.8. The summed E-state index contributed by atoms with van der Waals surface area (Å²) >= 11 is 1.72. The summed E-state index contributed by atoms with van der Waals surface area (Å²) < 4.78 is 1.16. The lowest BCUT2D eigenvalue weighted by Crippen LogP contribution is -2.19. The number of thiazole rings is 1. The summed E-state index contributed by atoms with van der Waals surface area (Å²) in [4.78, 5) is 4.53. The van der Waals surface area contributed by atoms with Gasteiger partial charge in [0.2, 0.25) is 0 Å². The number of hydrogen-bond donors (Lipinski definition) is 0. The molecule has 88 valence electrons. The molecule has 1 heterocycles. The SMILES string of the molecule is C=C/C=c1/nc(C(C)C)s/c1=C/C=C.CC. The summed E-state index contributed by atoms with van der Waals surface area (Å²) in [6, 6.07) is 0. The number of aromatic nitrogens is 1. The number of rotatable bonds is 3. The summed E-state index contributed by atoms with van der Waals surface area (Å²) in [5.74, 6) is 0.476. The van der Waals surface area contributed by atoms with Gasteiger partial charge in [0.15, 0.2) is 0 Å². The van der Waals surface area contributed by atoms with Crippen molar-refractivity contribution in [1.29, 1.82) is 0 Å². The summed E-state index contributed by atoms with van der Waals surface area (Å²) in [6.45, 7) is 15.7. The highest BCUT2D eigenvalue weighted by Gasteiger charge is 2.03. The van der Waals surface area contributed by atoms with Gasteiger partial charge in [-0.1, -0.05) is 53.0 Å². The number of nitrogens with zero attached hydrogens (tertiary/aromatic N) is 1. The van der Waals surface area contributed by atoms with Crippen LogP contribution in [0.1, 0.15) is 38.6 Å². The lowest BCUT2D eigenvalue weighted by Gasteiger charge is -1.94. The minimum atomic E-state index is 0.476. The van der Waals surface area contributed by atoms with E-state index < -0.39 is 0 Å². The highest BCUT2D eigenvalue weighted by molar-refractivity contribution is 7.09. The largest absolute Gasteiger partial charge is 0.241 e. The average molecular weight is 235 g/mol. The Morgan fingerprint density at radius 2 is 1.69 bits per heavy atom. The average Bonchev–Trinajstić information content (AvgIpc) is 2.66. The molecule has 0 fully saturated rings. The first-order valence-electron chi connectivity index (χ1n) is 5.61. The van der Waals surface area contributed by atoms with E-state index in [0.717, 1.165) is 14.9 Å². The molecule has 2 heteroatoms. The van der Waals surface area contributed by atoms with Crippen LogP contribution < -0.4 is 9.88 Å². The standard InChI is InChI=1S/C12H15NS.C2H6/c1-5-7-10-11(8-6-2)14-12(13-10)9(3)4;1-2/h5-9H,1-2H2,3-4H3;1-2H3/b10-7+,11-8+;. The van der Waals surface area contributed by atoms with Crippen LogP contribution in [0, 0.1) is 0 Å². The van der Waals surface area contributed by atoms with Crippen LogP contribution in [0.5, 0.6) is 0 Å². The highest BCUT2D eigenvalue weighted by Crippen LogP contribution is 2.11. The number of hydrogen-bond acceptors (Lipinski definition) is 2. The van der Waals surface area contributed by atoms with Gasteiger partial charge in [0, 0.05) is 5.92 Å². The van der Waals surface area contributed by atoms with Gasteiger partial charge < -0.3 is 0 Å². The Labute approximate surface area is 103 Å². The Kier molecular flexibility index (Phi) is 7.48. The molecular weight excluding hydrogens is 214 g/mol. The van der Waals surface area contributed by atoms with Crippen molar-refractivity contribution < 1.29 is 0 Å². The maximum Gasteiger partial charge on any atom is 0.0963 e. The molecule has 0 bridgehead atoms. The predicted molar refractivity (Wildman–Crippen MR) is 76.1 cm³/mol. The third-order valence-corrected chi connectivity index (χ3v) is 3.07. The first-order valence-corrected chi connectivity index (χ1v) is 6.43. The minimum Gasteiger partial charge on any atom is -0.241 e. The van der Waals surface area contributed by atoms with E-state index in [4.69, 9.17) is 0 Å². The Morgan fingerprint density at radius 3 is 2.12 bits per heavy atom. The molecular formula is C14H21NS. The van der Waals surface area contributed by atoms with Crippen molar-refractivity contribution >= 4 is 23.5 Å². The molecule has 0 amide bonds. The van der Waals surface area contributed by atoms with Crippen LogP contribution in [-0.2, 0) is 0 Å². The fraction of sp³-hybridized carbons (Fsp3) is 0.357. The molecule has 0 aliphatic carbocycles. The monoisotopic (exact) mass is 235 g/mol. The smallest absolute Gasteiger partial charge is 0.0963 e. The molecule has 0 atom stereocenters. The minimum absolute atomic E-state index is 0.476. The molecule has 0 aliphatic rings. The van der Waals surface area contributed by atoms with Gasteiger partial charge in [-0.2, -0.15) is 0 Å². The van der Waals surface area contributed by atoms with Gasteiger partial charge in [-0.15, -0.1) is 11.3 Å². The zero-order valence-electron chi connectivity index (χ0n) is 10.7. The van der Waals surface area contributed by atoms with Crippen LogP contribution in [0.2, 0.25) is 0 Å². The second-order valence-corrected chi connectivity index (χ2v) is 4.32. The van der Waals surface area contributed by atoms with Crippen molar-refractivity contribution in [3.05, 3.63) is 40.2 Å². The van der Waals surface area contributed by atoms with Crippen molar-refractivity contribution in [2.45, 2.75) is 33.6 Å². The predicted octanol–water partition coefficient (Wildman–Crippen LogP) is 3.23. The van der Waals surface area contributed by atoms with E-state index in [-0.39, 0.29) is 0 Å². The highest BCUT2D eigenvalue weighted by atomic mass is 32.1. The molecule has 0 aromatic carbocycles. The van der Waals surface area contributed by atoms with Gasteiger partial charge in [-0.25, -0.2) is 4.98 Å². The lowest BCUT2D eigenvalue weighted by molar-refractivity contribution is 0.848. The zero-order chi connectivity index (χ0) is 12.6. The van der Waals surface area contributed by atoms with Crippen LogP contribution in [0.25, 0.3) is 12.2 Å². The normalized spacial score (nSPS) is 12.3. The van der Waals surface area contributed by atoms with Crippen molar-refractivity contribution in [1.82, 2.24) is 4.98 Å².